The molecule has 0 unspecified atom stereocenters. The number of nitrogens with one attached hydrogen (secondary N) is 1. The highest BCUT2D eigenvalue weighted by atomic mass is 79.9. The van der Waals surface area contributed by atoms with Crippen LogP contribution in [0.1, 0.15) is 40.0 Å². The number of alkyl carbamates (subject to hydrolysis) is 1. The summed E-state index contributed by atoms with van der Waals surface area (Å²) in [5.74, 6) is 0.616. The van der Waals surface area contributed by atoms with Crippen LogP contribution < -0.4 is 14.8 Å². The Morgan fingerprint density at radius 1 is 1.23 bits per heavy atom. The first-order valence-corrected chi connectivity index (χ1v) is 11.1. The van der Waals surface area contributed by atoms with Crippen molar-refractivity contribution in [1.82, 2.24) is 10.2 Å². The Morgan fingerprint density at radius 3 is 2.48 bits per heavy atom. The van der Waals surface area contributed by atoms with E-state index in [1.165, 1.54) is 18.2 Å². The lowest BCUT2D eigenvalue weighted by Crippen LogP contribution is -2.40. The van der Waals surface area contributed by atoms with Gasteiger partial charge >= 0.3 is 12.5 Å². The van der Waals surface area contributed by atoms with E-state index in [0.29, 0.717) is 29.3 Å². The minimum Gasteiger partial charge on any atom is -0.492 e. The van der Waals surface area contributed by atoms with Gasteiger partial charge in [0.25, 0.3) is 0 Å². The Balaban J connectivity index is 1.61. The lowest BCUT2D eigenvalue weighted by molar-refractivity contribution is -0.274. The molecular weight excluding hydrogens is 481 g/mol. The third-order valence-corrected chi connectivity index (χ3v) is 5.27. The lowest BCUT2D eigenvalue weighted by atomic mass is 9.97. The van der Waals surface area contributed by atoms with Crippen molar-refractivity contribution in [2.75, 3.05) is 32.8 Å². The van der Waals surface area contributed by atoms with Crippen LogP contribution in [0, 0.1) is 5.92 Å². The van der Waals surface area contributed by atoms with E-state index in [4.69, 9.17) is 9.47 Å². The zero-order chi connectivity index (χ0) is 23.1. The van der Waals surface area contributed by atoms with Crippen LogP contribution in [0.5, 0.6) is 11.5 Å². The number of likely N-dealkylation sites (tertiary alicyclic amines) is 1. The summed E-state index contributed by atoms with van der Waals surface area (Å²) in [7, 11) is 0. The molecule has 1 aromatic carbocycles. The highest BCUT2D eigenvalue weighted by Crippen LogP contribution is 2.32. The molecule has 0 aliphatic carbocycles. The number of hydrogen-bond donors (Lipinski definition) is 1. The van der Waals surface area contributed by atoms with Crippen LogP contribution in [-0.2, 0) is 4.74 Å². The van der Waals surface area contributed by atoms with Crippen LogP contribution in [0.3, 0.4) is 0 Å². The standard InChI is InChI=1S/C21H30BrF3N2O4/c1-20(2,3)31-19(28)26-14-15-7-10-27(11-8-15)9-4-12-29-18-6-5-16(13-17(18)22)30-21(23,24)25/h5-6,13,15H,4,7-12,14H2,1-3H3,(H,26,28). The third kappa shape index (κ3) is 10.5. The van der Waals surface area contributed by atoms with E-state index in [9.17, 15) is 18.0 Å². The maximum Gasteiger partial charge on any atom is 0.573 e. The second-order valence-electron chi connectivity index (χ2n) is 8.51. The van der Waals surface area contributed by atoms with Crippen molar-refractivity contribution >= 4 is 22.0 Å². The average Bonchev–Trinajstić information content (AvgIpc) is 2.63. The number of rotatable bonds is 8. The number of carbonyl (C=O) groups excluding carboxylic acids is 1. The molecule has 1 aliphatic rings. The largest absolute Gasteiger partial charge is 0.573 e. The smallest absolute Gasteiger partial charge is 0.492 e. The molecule has 0 saturated carbocycles. The number of carbonyl (C=O) groups is 1. The first-order chi connectivity index (χ1) is 14.4. The fourth-order valence-corrected chi connectivity index (χ4v) is 3.69. The van der Waals surface area contributed by atoms with Crippen LogP contribution in [0.4, 0.5) is 18.0 Å². The molecule has 31 heavy (non-hydrogen) atoms. The van der Waals surface area contributed by atoms with Gasteiger partial charge < -0.3 is 24.4 Å². The summed E-state index contributed by atoms with van der Waals surface area (Å²) < 4.78 is 52.0. The van der Waals surface area contributed by atoms with Gasteiger partial charge in [0.1, 0.15) is 17.1 Å². The summed E-state index contributed by atoms with van der Waals surface area (Å²) in [4.78, 5) is 14.1. The SMILES string of the molecule is CC(C)(C)OC(=O)NCC1CCN(CCCOc2ccc(OC(F)(F)F)cc2Br)CC1. The first-order valence-electron chi connectivity index (χ1n) is 10.3. The van der Waals surface area contributed by atoms with Gasteiger partial charge in [-0.15, -0.1) is 13.2 Å². The van der Waals surface area contributed by atoms with Crippen LogP contribution in [0.15, 0.2) is 22.7 Å². The van der Waals surface area contributed by atoms with E-state index in [-0.39, 0.29) is 11.8 Å². The number of hydrogen-bond acceptors (Lipinski definition) is 5. The molecule has 1 aromatic rings. The fraction of sp³-hybridized carbons (Fsp3) is 0.667. The van der Waals surface area contributed by atoms with Crippen molar-refractivity contribution in [3.05, 3.63) is 22.7 Å². The molecule has 1 saturated heterocycles. The summed E-state index contributed by atoms with van der Waals surface area (Å²) in [5.41, 5.74) is -0.496. The molecule has 1 amide bonds. The molecule has 1 aliphatic heterocycles. The predicted octanol–water partition coefficient (Wildman–Crippen LogP) is 5.35. The van der Waals surface area contributed by atoms with E-state index in [1.807, 2.05) is 20.8 Å². The topological polar surface area (TPSA) is 60.0 Å². The number of alkyl halides is 3. The van der Waals surface area contributed by atoms with E-state index < -0.39 is 12.0 Å². The highest BCUT2D eigenvalue weighted by Gasteiger charge is 2.31. The molecule has 0 atom stereocenters. The molecule has 1 heterocycles. The maximum atomic E-state index is 12.3. The molecule has 10 heteroatoms. The lowest BCUT2D eigenvalue weighted by Gasteiger charge is -2.32. The van der Waals surface area contributed by atoms with Crippen molar-refractivity contribution in [3.63, 3.8) is 0 Å². The molecule has 0 radical (unpaired) electrons. The average molecular weight is 511 g/mol. The summed E-state index contributed by atoms with van der Waals surface area (Å²) >= 11 is 3.21. The van der Waals surface area contributed by atoms with Gasteiger partial charge in [-0.25, -0.2) is 4.79 Å². The number of ether oxygens (including phenoxy) is 3. The molecule has 6 nitrogen and oxygen atoms in total. The summed E-state index contributed by atoms with van der Waals surface area (Å²) in [5, 5.41) is 2.84. The Labute approximate surface area is 189 Å². The maximum absolute atomic E-state index is 12.3. The van der Waals surface area contributed by atoms with Crippen LogP contribution in [-0.4, -0.2) is 55.7 Å². The molecular formula is C21H30BrF3N2O4. The second kappa shape index (κ2) is 11.3. The highest BCUT2D eigenvalue weighted by molar-refractivity contribution is 9.10. The number of piperidine rings is 1. The van der Waals surface area contributed by atoms with Crippen molar-refractivity contribution in [1.29, 1.82) is 0 Å². The Morgan fingerprint density at radius 2 is 1.90 bits per heavy atom. The molecule has 2 rings (SSSR count). The number of halogens is 4. The molecule has 0 aromatic heterocycles. The van der Waals surface area contributed by atoms with Gasteiger partial charge in [-0.1, -0.05) is 0 Å². The molecule has 1 fully saturated rings. The van der Waals surface area contributed by atoms with Gasteiger partial charge in [-0.3, -0.25) is 0 Å². The molecule has 0 spiro atoms. The van der Waals surface area contributed by atoms with E-state index >= 15 is 0 Å². The molecule has 1 N–H and O–H groups in total. The Kier molecular flexibility index (Phi) is 9.29. The van der Waals surface area contributed by atoms with Crippen molar-refractivity contribution < 1.29 is 32.2 Å². The van der Waals surface area contributed by atoms with Crippen molar-refractivity contribution in [2.24, 2.45) is 5.92 Å². The summed E-state index contributed by atoms with van der Waals surface area (Å²) in [6.07, 6.45) is -2.29. The minimum atomic E-state index is -4.72. The molecule has 0 bridgehead atoms. The quantitative estimate of drug-likeness (QED) is 0.477. The van der Waals surface area contributed by atoms with Gasteiger partial charge in [0.2, 0.25) is 0 Å². The predicted molar refractivity (Wildman–Crippen MR) is 114 cm³/mol. The van der Waals surface area contributed by atoms with Crippen LogP contribution in [0.2, 0.25) is 0 Å². The van der Waals surface area contributed by atoms with Crippen LogP contribution in [0.25, 0.3) is 0 Å². The van der Waals surface area contributed by atoms with Gasteiger partial charge in [-0.2, -0.15) is 0 Å². The second-order valence-corrected chi connectivity index (χ2v) is 9.36. The summed E-state index contributed by atoms with van der Waals surface area (Å²) in [6, 6.07) is 3.91. The monoisotopic (exact) mass is 510 g/mol. The van der Waals surface area contributed by atoms with Crippen molar-refractivity contribution in [2.45, 2.75) is 52.0 Å². The van der Waals surface area contributed by atoms with Gasteiger partial charge in [0, 0.05) is 13.1 Å². The number of amides is 1. The first kappa shape index (κ1) is 25.6. The van der Waals surface area contributed by atoms with Gasteiger partial charge in [-0.05, 0) is 93.2 Å². The zero-order valence-electron chi connectivity index (χ0n) is 18.1. The normalized spacial score (nSPS) is 16.1. The fourth-order valence-electron chi connectivity index (χ4n) is 3.22. The Bertz CT molecular complexity index is 718. The van der Waals surface area contributed by atoms with E-state index in [0.717, 1.165) is 38.9 Å². The van der Waals surface area contributed by atoms with E-state index in [2.05, 4.69) is 30.9 Å². The number of nitrogens with zero attached hydrogens (tertiary/aromatic N) is 1. The third-order valence-electron chi connectivity index (χ3n) is 4.65. The van der Waals surface area contributed by atoms with Crippen LogP contribution >= 0.6 is 15.9 Å². The van der Waals surface area contributed by atoms with E-state index in [1.54, 1.807) is 0 Å². The zero-order valence-corrected chi connectivity index (χ0v) is 19.6. The molecule has 176 valence electrons. The summed E-state index contributed by atoms with van der Waals surface area (Å²) in [6.45, 7) is 9.37. The number of benzene rings is 1. The van der Waals surface area contributed by atoms with Crippen molar-refractivity contribution in [3.8, 4) is 11.5 Å². The Hall–Kier alpha value is -1.68. The minimum absolute atomic E-state index is 0.296. The van der Waals surface area contributed by atoms with Gasteiger partial charge in [0.05, 0.1) is 11.1 Å². The van der Waals surface area contributed by atoms with Gasteiger partial charge in [0.15, 0.2) is 0 Å².